The number of rotatable bonds is 7. The van der Waals surface area contributed by atoms with Crippen molar-refractivity contribution in [3.63, 3.8) is 0 Å². The summed E-state index contributed by atoms with van der Waals surface area (Å²) in [7, 11) is 0. The van der Waals surface area contributed by atoms with Crippen LogP contribution >= 0.6 is 0 Å². The second-order valence-corrected chi connectivity index (χ2v) is 12.4. The summed E-state index contributed by atoms with van der Waals surface area (Å²) in [5.41, 5.74) is 13.8. The minimum Gasteiger partial charge on any atom is -0.452 e. The van der Waals surface area contributed by atoms with E-state index in [1.165, 1.54) is 27.8 Å². The fourth-order valence-electron chi connectivity index (χ4n) is 6.48. The molecule has 0 saturated heterocycles. The average Bonchev–Trinajstić information content (AvgIpc) is 3.53. The molecule has 7 aromatic carbocycles. The zero-order valence-corrected chi connectivity index (χ0v) is 27.7. The number of hydrogen-bond acceptors (Lipinski definition) is 3. The van der Waals surface area contributed by atoms with Gasteiger partial charge in [-0.05, 0) is 99.5 Å². The molecular weight excluding hydrogens is 609 g/mol. The Labute approximate surface area is 293 Å². The Morgan fingerprint density at radius 3 is 1.50 bits per heavy atom. The number of aliphatic imine (C=N–C) groups is 1. The van der Waals surface area contributed by atoms with Gasteiger partial charge in [0.2, 0.25) is 0 Å². The van der Waals surface area contributed by atoms with Crippen molar-refractivity contribution >= 4 is 17.1 Å². The third kappa shape index (κ3) is 6.21. The van der Waals surface area contributed by atoms with Crippen molar-refractivity contribution < 1.29 is 4.74 Å². The summed E-state index contributed by atoms with van der Waals surface area (Å²) >= 11 is 0. The fourth-order valence-corrected chi connectivity index (χ4v) is 6.48. The lowest BCUT2D eigenvalue weighted by Gasteiger charge is -2.13. The summed E-state index contributed by atoms with van der Waals surface area (Å²) in [5.74, 6) is 1.15. The van der Waals surface area contributed by atoms with Crippen LogP contribution < -0.4 is 4.74 Å². The molecule has 0 unspecified atom stereocenters. The molecule has 0 spiro atoms. The summed E-state index contributed by atoms with van der Waals surface area (Å²) in [6, 6.07) is 62.9. The Balaban J connectivity index is 1.17. The minimum atomic E-state index is 0.341. The van der Waals surface area contributed by atoms with E-state index in [1.54, 1.807) is 0 Å². The summed E-state index contributed by atoms with van der Waals surface area (Å²) in [5, 5.41) is 8.93. The van der Waals surface area contributed by atoms with E-state index in [1.807, 2.05) is 61.5 Å². The fraction of sp³-hybridized carbons (Fsp3) is 0.0213. The van der Waals surface area contributed by atoms with E-state index in [0.717, 1.165) is 39.1 Å². The zero-order valence-electron chi connectivity index (χ0n) is 27.7. The van der Waals surface area contributed by atoms with Crippen LogP contribution in [0.15, 0.2) is 193 Å². The number of hydrogen-bond donors (Lipinski definition) is 1. The number of nitrogens with one attached hydrogen (secondary N) is 1. The van der Waals surface area contributed by atoms with Crippen LogP contribution in [0.4, 0.5) is 0 Å². The van der Waals surface area contributed by atoms with Crippen LogP contribution in [-0.2, 0) is 0 Å². The van der Waals surface area contributed by atoms with E-state index in [-0.39, 0.29) is 0 Å². The lowest BCUT2D eigenvalue weighted by atomic mass is 9.92. The molecule has 238 valence electrons. The molecule has 1 aliphatic heterocycles. The Bertz CT molecular complexity index is 2350. The van der Waals surface area contributed by atoms with Gasteiger partial charge in [-0.25, -0.2) is 4.99 Å². The van der Waals surface area contributed by atoms with Crippen molar-refractivity contribution in [2.45, 2.75) is 6.92 Å². The van der Waals surface area contributed by atoms with E-state index in [0.29, 0.717) is 22.9 Å². The SMILES string of the molecule is CC(=N/C(=C1/Oc2ccccc2C1=N)c1ccccc1)c1cccc(-c2cccc(-c3cc(-c4ccccc4)cc(-c4ccccc4)c3)c2)c1. The van der Waals surface area contributed by atoms with Gasteiger partial charge in [0.15, 0.2) is 5.76 Å². The molecule has 0 bridgehead atoms. The molecule has 0 fully saturated rings. The van der Waals surface area contributed by atoms with Gasteiger partial charge in [0.1, 0.15) is 17.2 Å². The first-order chi connectivity index (χ1) is 24.6. The molecule has 1 aliphatic rings. The Hall–Kier alpha value is -6.58. The third-order valence-electron chi connectivity index (χ3n) is 9.09. The quantitative estimate of drug-likeness (QED) is 0.173. The van der Waals surface area contributed by atoms with Crippen LogP contribution in [0.1, 0.15) is 23.6 Å². The first-order valence-corrected chi connectivity index (χ1v) is 16.8. The smallest absolute Gasteiger partial charge is 0.179 e. The Morgan fingerprint density at radius 2 is 0.880 bits per heavy atom. The average molecular weight is 643 g/mol. The van der Waals surface area contributed by atoms with E-state index < -0.39 is 0 Å². The van der Waals surface area contributed by atoms with Crippen LogP contribution in [-0.4, -0.2) is 11.4 Å². The van der Waals surface area contributed by atoms with Crippen molar-refractivity contribution in [2.75, 3.05) is 0 Å². The molecular formula is C47H34N2O. The highest BCUT2D eigenvalue weighted by Crippen LogP contribution is 2.37. The number of fused-ring (bicyclic) bond motifs is 1. The molecule has 50 heavy (non-hydrogen) atoms. The van der Waals surface area contributed by atoms with Gasteiger partial charge in [0, 0.05) is 16.8 Å². The van der Waals surface area contributed by atoms with Crippen molar-refractivity contribution in [3.8, 4) is 50.3 Å². The van der Waals surface area contributed by atoms with Crippen molar-refractivity contribution in [2.24, 2.45) is 4.99 Å². The van der Waals surface area contributed by atoms with Crippen molar-refractivity contribution in [1.29, 1.82) is 5.41 Å². The number of para-hydroxylation sites is 1. The molecule has 8 rings (SSSR count). The molecule has 0 saturated carbocycles. The molecule has 3 nitrogen and oxygen atoms in total. The van der Waals surface area contributed by atoms with Crippen LogP contribution in [0.25, 0.3) is 50.2 Å². The van der Waals surface area contributed by atoms with Gasteiger partial charge in [0.25, 0.3) is 0 Å². The van der Waals surface area contributed by atoms with Gasteiger partial charge in [-0.15, -0.1) is 0 Å². The maximum atomic E-state index is 8.93. The highest BCUT2D eigenvalue weighted by molar-refractivity contribution is 6.18. The highest BCUT2D eigenvalue weighted by atomic mass is 16.5. The second-order valence-electron chi connectivity index (χ2n) is 12.4. The molecule has 1 N–H and O–H groups in total. The summed E-state index contributed by atoms with van der Waals surface area (Å²) in [4.78, 5) is 5.14. The summed E-state index contributed by atoms with van der Waals surface area (Å²) in [6.07, 6.45) is 0. The maximum absolute atomic E-state index is 8.93. The summed E-state index contributed by atoms with van der Waals surface area (Å²) < 4.78 is 6.24. The molecule has 7 aromatic rings. The van der Waals surface area contributed by atoms with Gasteiger partial charge < -0.3 is 4.74 Å². The first-order valence-electron chi connectivity index (χ1n) is 16.8. The largest absolute Gasteiger partial charge is 0.452 e. The molecule has 1 heterocycles. The highest BCUT2D eigenvalue weighted by Gasteiger charge is 2.27. The van der Waals surface area contributed by atoms with Crippen LogP contribution in [0.3, 0.4) is 0 Å². The number of nitrogens with zero attached hydrogens (tertiary/aromatic N) is 1. The van der Waals surface area contributed by atoms with Crippen molar-refractivity contribution in [1.82, 2.24) is 0 Å². The summed E-state index contributed by atoms with van der Waals surface area (Å²) in [6.45, 7) is 2.02. The second kappa shape index (κ2) is 13.5. The molecule has 0 aliphatic carbocycles. The lowest BCUT2D eigenvalue weighted by Crippen LogP contribution is -2.05. The first kappa shape index (κ1) is 30.7. The van der Waals surface area contributed by atoms with Crippen molar-refractivity contribution in [3.05, 3.63) is 204 Å². The molecule has 3 heteroatoms. The van der Waals surface area contributed by atoms with Gasteiger partial charge in [-0.1, -0.05) is 140 Å². The monoisotopic (exact) mass is 642 g/mol. The number of ether oxygens (including phenoxy) is 1. The minimum absolute atomic E-state index is 0.341. The van der Waals surface area contributed by atoms with Crippen LogP contribution in [0.2, 0.25) is 0 Å². The molecule has 0 radical (unpaired) electrons. The normalized spacial score (nSPS) is 13.5. The van der Waals surface area contributed by atoms with Crippen LogP contribution in [0, 0.1) is 5.41 Å². The maximum Gasteiger partial charge on any atom is 0.179 e. The van der Waals surface area contributed by atoms with E-state index in [9.17, 15) is 0 Å². The zero-order chi connectivity index (χ0) is 33.9. The standard InChI is InChI=1S/C47H34N2O/c1-32(49-46(35-19-9-4-10-20-35)47-45(48)43-25-11-12-26-44(43)50-47)36-21-13-22-37(27-36)38-23-14-24-39(28-38)42-30-40(33-15-5-2-6-16-33)29-41(31-42)34-17-7-3-8-18-34/h2-31,48H,1H3/b47-46+,48-45?,49-32?. The van der Waals surface area contributed by atoms with Gasteiger partial charge >= 0.3 is 0 Å². The third-order valence-corrected chi connectivity index (χ3v) is 9.09. The lowest BCUT2D eigenvalue weighted by molar-refractivity contribution is 0.470. The Morgan fingerprint density at radius 1 is 0.440 bits per heavy atom. The Kier molecular flexibility index (Phi) is 8.30. The van der Waals surface area contributed by atoms with E-state index in [4.69, 9.17) is 15.1 Å². The number of allylic oxidation sites excluding steroid dienone is 1. The molecule has 0 aromatic heterocycles. The predicted octanol–water partition coefficient (Wildman–Crippen LogP) is 12.0. The van der Waals surface area contributed by atoms with E-state index >= 15 is 0 Å². The van der Waals surface area contributed by atoms with Gasteiger partial charge in [-0.3, -0.25) is 5.41 Å². The predicted molar refractivity (Wildman–Crippen MR) is 208 cm³/mol. The molecule has 0 atom stereocenters. The number of benzene rings is 7. The van der Waals surface area contributed by atoms with Gasteiger partial charge in [0.05, 0.1) is 0 Å². The van der Waals surface area contributed by atoms with Crippen LogP contribution in [0.5, 0.6) is 5.75 Å². The topological polar surface area (TPSA) is 45.4 Å². The van der Waals surface area contributed by atoms with E-state index in [2.05, 4.69) is 127 Å². The van der Waals surface area contributed by atoms with Gasteiger partial charge in [-0.2, -0.15) is 0 Å². The molecule has 0 amide bonds.